The maximum Gasteiger partial charge on any atom is 0.240 e. The number of nitrogens with zero attached hydrogens (tertiary/aromatic N) is 4. The molecule has 0 unspecified atom stereocenters. The molecule has 3 heterocycles. The van der Waals surface area contributed by atoms with Crippen LogP contribution in [0.5, 0.6) is 0 Å². The zero-order valence-corrected chi connectivity index (χ0v) is 18.2. The van der Waals surface area contributed by atoms with E-state index in [1.165, 1.54) is 23.3 Å². The first-order chi connectivity index (χ1) is 14.1. The molecule has 2 aliphatic rings. The Morgan fingerprint density at radius 1 is 1.24 bits per heavy atom. The predicted octanol–water partition coefficient (Wildman–Crippen LogP) is 4.72. The third kappa shape index (κ3) is 3.62. The zero-order valence-electron chi connectivity index (χ0n) is 16.6. The zero-order chi connectivity index (χ0) is 20.0. The van der Waals surface area contributed by atoms with E-state index in [1.54, 1.807) is 23.1 Å². The van der Waals surface area contributed by atoms with Crippen molar-refractivity contribution in [2.75, 3.05) is 4.90 Å². The van der Waals surface area contributed by atoms with Crippen LogP contribution in [0, 0.1) is 0 Å². The Bertz CT molecular complexity index is 1030. The number of amides is 1. The van der Waals surface area contributed by atoms with Crippen LogP contribution in [0.1, 0.15) is 49.0 Å². The lowest BCUT2D eigenvalue weighted by Gasteiger charge is -2.25. The van der Waals surface area contributed by atoms with E-state index in [4.69, 9.17) is 0 Å². The number of rotatable bonds is 6. The van der Waals surface area contributed by atoms with Crippen molar-refractivity contribution in [3.63, 3.8) is 0 Å². The number of thiophene rings is 1. The topological polar surface area (TPSA) is 51.0 Å². The molecule has 0 saturated heterocycles. The number of fused-ring (bicyclic) bond motifs is 1. The Balaban J connectivity index is 1.36. The Labute approximate surface area is 179 Å². The SMILES string of the molecule is C[C@@H](Sc1nnc(Cc2cccs2)n1C1CC1)C(=O)N1c2ccccc2C[C@@H]1C. The van der Waals surface area contributed by atoms with E-state index >= 15 is 0 Å². The van der Waals surface area contributed by atoms with Gasteiger partial charge in [0.1, 0.15) is 5.82 Å². The second-order valence-corrected chi connectivity index (χ2v) is 10.2. The third-order valence-corrected chi connectivity index (χ3v) is 7.55. The van der Waals surface area contributed by atoms with E-state index in [0.717, 1.165) is 29.5 Å². The first kappa shape index (κ1) is 18.9. The summed E-state index contributed by atoms with van der Waals surface area (Å²) in [5.41, 5.74) is 2.31. The molecular formula is C22H24N4OS2. The molecule has 7 heteroatoms. The molecule has 5 nitrogen and oxygen atoms in total. The fourth-order valence-electron chi connectivity index (χ4n) is 4.08. The van der Waals surface area contributed by atoms with Gasteiger partial charge < -0.3 is 9.47 Å². The molecule has 2 atom stereocenters. The largest absolute Gasteiger partial charge is 0.308 e. The molecule has 1 saturated carbocycles. The van der Waals surface area contributed by atoms with Crippen LogP contribution < -0.4 is 4.90 Å². The summed E-state index contributed by atoms with van der Waals surface area (Å²) in [7, 11) is 0. The van der Waals surface area contributed by atoms with Gasteiger partial charge in [0.05, 0.1) is 5.25 Å². The number of thioether (sulfide) groups is 1. The van der Waals surface area contributed by atoms with Crippen molar-refractivity contribution in [3.8, 4) is 0 Å². The normalized spacial score (nSPS) is 19.4. The second-order valence-electron chi connectivity index (χ2n) is 7.91. The average molecular weight is 425 g/mol. The number of para-hydroxylation sites is 1. The van der Waals surface area contributed by atoms with Crippen molar-refractivity contribution >= 4 is 34.7 Å². The van der Waals surface area contributed by atoms with E-state index in [1.807, 2.05) is 24.0 Å². The molecule has 0 radical (unpaired) electrons. The number of hydrogen-bond acceptors (Lipinski definition) is 5. The van der Waals surface area contributed by atoms with Crippen molar-refractivity contribution in [1.82, 2.24) is 14.8 Å². The highest BCUT2D eigenvalue weighted by molar-refractivity contribution is 8.00. The molecule has 1 fully saturated rings. The Hall–Kier alpha value is -2.12. The van der Waals surface area contributed by atoms with Gasteiger partial charge in [-0.25, -0.2) is 0 Å². The summed E-state index contributed by atoms with van der Waals surface area (Å²) in [6, 6.07) is 13.1. The minimum Gasteiger partial charge on any atom is -0.308 e. The van der Waals surface area contributed by atoms with Crippen LogP contribution in [-0.4, -0.2) is 32.0 Å². The van der Waals surface area contributed by atoms with E-state index in [2.05, 4.69) is 51.3 Å². The van der Waals surface area contributed by atoms with Gasteiger partial charge in [-0.3, -0.25) is 4.79 Å². The van der Waals surface area contributed by atoms with Gasteiger partial charge in [-0.2, -0.15) is 0 Å². The Kier molecular flexibility index (Phi) is 4.95. The summed E-state index contributed by atoms with van der Waals surface area (Å²) < 4.78 is 2.27. The minimum atomic E-state index is -0.208. The van der Waals surface area contributed by atoms with Crippen LogP contribution in [-0.2, 0) is 17.6 Å². The number of carbonyl (C=O) groups excluding carboxylic acids is 1. The fraction of sp³-hybridized carbons (Fsp3) is 0.409. The smallest absolute Gasteiger partial charge is 0.240 e. The molecule has 2 aromatic heterocycles. The molecule has 0 spiro atoms. The monoisotopic (exact) mass is 424 g/mol. The number of hydrogen-bond donors (Lipinski definition) is 0. The quantitative estimate of drug-likeness (QED) is 0.537. The lowest BCUT2D eigenvalue weighted by Crippen LogP contribution is -2.40. The van der Waals surface area contributed by atoms with Crippen molar-refractivity contribution < 1.29 is 4.79 Å². The highest BCUT2D eigenvalue weighted by Gasteiger charge is 2.35. The number of carbonyl (C=O) groups is 1. The molecule has 1 aliphatic carbocycles. The molecule has 1 aliphatic heterocycles. The van der Waals surface area contributed by atoms with Crippen molar-refractivity contribution in [2.24, 2.45) is 0 Å². The van der Waals surface area contributed by atoms with E-state index < -0.39 is 0 Å². The number of benzene rings is 1. The van der Waals surface area contributed by atoms with Crippen LogP contribution in [0.3, 0.4) is 0 Å². The predicted molar refractivity (Wildman–Crippen MR) is 118 cm³/mol. The first-order valence-corrected chi connectivity index (χ1v) is 11.9. The highest BCUT2D eigenvalue weighted by atomic mass is 32.2. The van der Waals surface area contributed by atoms with Crippen molar-refractivity contribution in [1.29, 1.82) is 0 Å². The summed E-state index contributed by atoms with van der Waals surface area (Å²) in [5.74, 6) is 1.16. The summed E-state index contributed by atoms with van der Waals surface area (Å²) in [6.07, 6.45) is 4.06. The Morgan fingerprint density at radius 3 is 2.83 bits per heavy atom. The average Bonchev–Trinajstić information content (AvgIpc) is 3.11. The van der Waals surface area contributed by atoms with E-state index in [-0.39, 0.29) is 17.2 Å². The van der Waals surface area contributed by atoms with Gasteiger partial charge in [0.25, 0.3) is 0 Å². The van der Waals surface area contributed by atoms with Gasteiger partial charge in [-0.15, -0.1) is 21.5 Å². The van der Waals surface area contributed by atoms with Crippen molar-refractivity contribution in [3.05, 3.63) is 58.0 Å². The first-order valence-electron chi connectivity index (χ1n) is 10.2. The van der Waals surface area contributed by atoms with Gasteiger partial charge in [-0.1, -0.05) is 36.0 Å². The van der Waals surface area contributed by atoms with Crippen LogP contribution in [0.15, 0.2) is 46.9 Å². The molecule has 150 valence electrons. The summed E-state index contributed by atoms with van der Waals surface area (Å²) in [6.45, 7) is 4.12. The van der Waals surface area contributed by atoms with E-state index in [0.29, 0.717) is 6.04 Å². The third-order valence-electron chi connectivity index (χ3n) is 5.63. The number of anilines is 1. The standard InChI is InChI=1S/C22H24N4OS2/c1-14-12-16-6-3-4-8-19(16)25(14)21(27)15(2)29-22-24-23-20(26(22)17-9-10-17)13-18-7-5-11-28-18/h3-8,11,14-15,17H,9-10,12-13H2,1-2H3/t14-,15+/m0/s1. The van der Waals surface area contributed by atoms with Gasteiger partial charge >= 0.3 is 0 Å². The molecule has 0 N–H and O–H groups in total. The van der Waals surface area contributed by atoms with Crippen LogP contribution in [0.4, 0.5) is 5.69 Å². The maximum absolute atomic E-state index is 13.3. The van der Waals surface area contributed by atoms with Crippen LogP contribution in [0.25, 0.3) is 0 Å². The molecule has 5 rings (SSSR count). The molecular weight excluding hydrogens is 400 g/mol. The lowest BCUT2D eigenvalue weighted by atomic mass is 10.1. The van der Waals surface area contributed by atoms with Gasteiger partial charge in [0.2, 0.25) is 5.91 Å². The van der Waals surface area contributed by atoms with E-state index in [9.17, 15) is 4.79 Å². The lowest BCUT2D eigenvalue weighted by molar-refractivity contribution is -0.118. The highest BCUT2D eigenvalue weighted by Crippen LogP contribution is 2.41. The summed E-state index contributed by atoms with van der Waals surface area (Å²) in [4.78, 5) is 16.6. The van der Waals surface area contributed by atoms with Gasteiger partial charge in [-0.05, 0) is 56.2 Å². The molecule has 1 amide bonds. The molecule has 3 aromatic rings. The number of aromatic nitrogens is 3. The van der Waals surface area contributed by atoms with Crippen LogP contribution in [0.2, 0.25) is 0 Å². The molecule has 1 aromatic carbocycles. The summed E-state index contributed by atoms with van der Waals surface area (Å²) >= 11 is 3.29. The maximum atomic E-state index is 13.3. The van der Waals surface area contributed by atoms with Crippen molar-refractivity contribution in [2.45, 2.75) is 62.0 Å². The molecule has 29 heavy (non-hydrogen) atoms. The van der Waals surface area contributed by atoms with Gasteiger partial charge in [0.15, 0.2) is 5.16 Å². The second kappa shape index (κ2) is 7.61. The van der Waals surface area contributed by atoms with Crippen LogP contribution >= 0.6 is 23.1 Å². The van der Waals surface area contributed by atoms with Gasteiger partial charge in [0, 0.05) is 29.1 Å². The fourth-order valence-corrected chi connectivity index (χ4v) is 5.77. The molecule has 0 bridgehead atoms. The summed E-state index contributed by atoms with van der Waals surface area (Å²) in [5, 5.41) is 11.7. The Morgan fingerprint density at radius 2 is 2.07 bits per heavy atom. The minimum absolute atomic E-state index is 0.151.